The fourth-order valence-electron chi connectivity index (χ4n) is 1.69. The van der Waals surface area contributed by atoms with Crippen LogP contribution in [0, 0.1) is 0 Å². The third-order valence-corrected chi connectivity index (χ3v) is 4.38. The summed E-state index contributed by atoms with van der Waals surface area (Å²) in [6.07, 6.45) is 3.24. The highest BCUT2D eigenvalue weighted by molar-refractivity contribution is 8.14. The van der Waals surface area contributed by atoms with Crippen molar-refractivity contribution in [3.05, 3.63) is 24.3 Å². The molecule has 1 aliphatic rings. The maximum atomic E-state index is 4.74. The second-order valence-electron chi connectivity index (χ2n) is 4.65. The van der Waals surface area contributed by atoms with E-state index in [2.05, 4.69) is 49.7 Å². The fraction of sp³-hybridized carbons (Fsp3) is 0.462. The van der Waals surface area contributed by atoms with Crippen LogP contribution in [0.25, 0.3) is 0 Å². The Morgan fingerprint density at radius 1 is 1.35 bits per heavy atom. The normalized spacial score (nSPS) is 18.6. The van der Waals surface area contributed by atoms with E-state index in [1.807, 2.05) is 11.8 Å². The first kappa shape index (κ1) is 12.8. The van der Waals surface area contributed by atoms with Crippen LogP contribution >= 0.6 is 23.5 Å². The number of hydrogen-bond acceptors (Lipinski definition) is 4. The number of benzene rings is 1. The second kappa shape index (κ2) is 5.36. The minimum Gasteiger partial charge on any atom is -0.334 e. The Hall–Kier alpha value is -0.610. The summed E-state index contributed by atoms with van der Waals surface area (Å²) in [5, 5.41) is 4.49. The van der Waals surface area contributed by atoms with E-state index in [4.69, 9.17) is 4.99 Å². The van der Waals surface area contributed by atoms with Gasteiger partial charge < -0.3 is 5.32 Å². The highest BCUT2D eigenvalue weighted by Gasteiger charge is 2.22. The molecule has 1 aliphatic heterocycles. The molecule has 1 N–H and O–H groups in total. The summed E-state index contributed by atoms with van der Waals surface area (Å²) in [5.41, 5.74) is 1.23. The predicted molar refractivity (Wildman–Crippen MR) is 80.4 cm³/mol. The topological polar surface area (TPSA) is 24.4 Å². The lowest BCUT2D eigenvalue weighted by atomic mass is 10.0. The van der Waals surface area contributed by atoms with Crippen molar-refractivity contribution in [2.45, 2.75) is 30.7 Å². The Morgan fingerprint density at radius 3 is 2.82 bits per heavy atom. The van der Waals surface area contributed by atoms with E-state index in [0.29, 0.717) is 0 Å². The second-order valence-corrected chi connectivity index (χ2v) is 6.58. The van der Waals surface area contributed by atoms with Crippen LogP contribution in [0.15, 0.2) is 34.2 Å². The molecule has 0 saturated heterocycles. The number of rotatable bonds is 2. The Balaban J connectivity index is 2.18. The van der Waals surface area contributed by atoms with Crippen LogP contribution in [0.2, 0.25) is 0 Å². The molecular formula is C13H18N2S2. The Morgan fingerprint density at radius 2 is 2.12 bits per heavy atom. The average Bonchev–Trinajstić information content (AvgIpc) is 2.28. The van der Waals surface area contributed by atoms with E-state index < -0.39 is 0 Å². The smallest absolute Gasteiger partial charge is 0.161 e. The van der Waals surface area contributed by atoms with Gasteiger partial charge in [0.25, 0.3) is 0 Å². The van der Waals surface area contributed by atoms with Crippen LogP contribution < -0.4 is 5.32 Å². The quantitative estimate of drug-likeness (QED) is 0.816. The number of thioether (sulfide) groups is 2. The van der Waals surface area contributed by atoms with Crippen molar-refractivity contribution in [1.82, 2.24) is 0 Å². The van der Waals surface area contributed by atoms with E-state index >= 15 is 0 Å². The maximum absolute atomic E-state index is 4.74. The van der Waals surface area contributed by atoms with Gasteiger partial charge in [-0.1, -0.05) is 23.9 Å². The van der Waals surface area contributed by atoms with Crippen LogP contribution in [-0.4, -0.2) is 22.7 Å². The van der Waals surface area contributed by atoms with Gasteiger partial charge in [0.15, 0.2) is 5.17 Å². The van der Waals surface area contributed by atoms with Gasteiger partial charge in [0.2, 0.25) is 0 Å². The van der Waals surface area contributed by atoms with E-state index in [1.165, 1.54) is 4.90 Å². The third kappa shape index (κ3) is 3.42. The lowest BCUT2D eigenvalue weighted by Crippen LogP contribution is -2.27. The zero-order valence-electron chi connectivity index (χ0n) is 10.5. The summed E-state index contributed by atoms with van der Waals surface area (Å²) in [7, 11) is 0. The van der Waals surface area contributed by atoms with Crippen molar-refractivity contribution in [3.63, 3.8) is 0 Å². The molecule has 1 aromatic rings. The van der Waals surface area contributed by atoms with Gasteiger partial charge in [-0.25, -0.2) is 0 Å². The zero-order valence-corrected chi connectivity index (χ0v) is 12.1. The van der Waals surface area contributed by atoms with Crippen molar-refractivity contribution in [1.29, 1.82) is 0 Å². The molecule has 1 heterocycles. The van der Waals surface area contributed by atoms with Crippen LogP contribution in [0.3, 0.4) is 0 Å². The molecule has 0 bridgehead atoms. The molecule has 0 aliphatic carbocycles. The number of hydrogen-bond donors (Lipinski definition) is 1. The van der Waals surface area contributed by atoms with Gasteiger partial charge in [0.1, 0.15) is 0 Å². The van der Waals surface area contributed by atoms with Gasteiger partial charge in [-0.3, -0.25) is 4.99 Å². The molecule has 92 valence electrons. The Labute approximate surface area is 112 Å². The van der Waals surface area contributed by atoms with Crippen LogP contribution in [0.4, 0.5) is 5.69 Å². The molecule has 0 amide bonds. The highest BCUT2D eigenvalue weighted by Crippen LogP contribution is 2.29. The summed E-state index contributed by atoms with van der Waals surface area (Å²) in [5.74, 6) is 1.14. The van der Waals surface area contributed by atoms with E-state index in [1.54, 1.807) is 11.8 Å². The first-order valence-corrected chi connectivity index (χ1v) is 7.94. The lowest BCUT2D eigenvalue weighted by molar-refractivity contribution is 0.507. The molecule has 0 radical (unpaired) electrons. The van der Waals surface area contributed by atoms with E-state index in [-0.39, 0.29) is 5.54 Å². The van der Waals surface area contributed by atoms with Crippen LogP contribution in [0.5, 0.6) is 0 Å². The fourth-order valence-corrected chi connectivity index (χ4v) is 3.53. The Bertz CT molecular complexity index is 427. The predicted octanol–water partition coefficient (Wildman–Crippen LogP) is 4.09. The van der Waals surface area contributed by atoms with Gasteiger partial charge in [-0.05, 0) is 38.7 Å². The van der Waals surface area contributed by atoms with Crippen molar-refractivity contribution in [3.8, 4) is 0 Å². The maximum Gasteiger partial charge on any atom is 0.161 e. The summed E-state index contributed by atoms with van der Waals surface area (Å²) < 4.78 is 0. The number of anilines is 1. The van der Waals surface area contributed by atoms with Crippen LogP contribution in [-0.2, 0) is 0 Å². The summed E-state index contributed by atoms with van der Waals surface area (Å²) in [6, 6.07) is 8.36. The number of nitrogens with one attached hydrogen (secondary N) is 1. The van der Waals surface area contributed by atoms with E-state index in [9.17, 15) is 0 Å². The van der Waals surface area contributed by atoms with E-state index in [0.717, 1.165) is 23.0 Å². The molecule has 17 heavy (non-hydrogen) atoms. The number of para-hydroxylation sites is 1. The van der Waals surface area contributed by atoms with Gasteiger partial charge in [-0.2, -0.15) is 0 Å². The van der Waals surface area contributed by atoms with Crippen molar-refractivity contribution >= 4 is 34.4 Å². The number of nitrogens with zero attached hydrogens (tertiary/aromatic N) is 1. The highest BCUT2D eigenvalue weighted by atomic mass is 32.2. The molecule has 2 rings (SSSR count). The standard InChI is InChI=1S/C13H18N2S2/c1-13(2)8-9-17-12(15-13)14-10-6-4-5-7-11(10)16-3/h4-7H,8-9H2,1-3H3,(H,14,15). The minimum atomic E-state index is 0.0713. The molecule has 0 unspecified atom stereocenters. The minimum absolute atomic E-state index is 0.0713. The molecule has 0 atom stereocenters. The summed E-state index contributed by atoms with van der Waals surface area (Å²) in [4.78, 5) is 6.01. The molecular weight excluding hydrogens is 248 g/mol. The van der Waals surface area contributed by atoms with Gasteiger partial charge in [-0.15, -0.1) is 11.8 Å². The monoisotopic (exact) mass is 266 g/mol. The molecule has 0 spiro atoms. The SMILES string of the molecule is CSc1ccccc1NC1=NC(C)(C)CCS1. The van der Waals surface area contributed by atoms with Crippen LogP contribution in [0.1, 0.15) is 20.3 Å². The molecule has 0 saturated carbocycles. The van der Waals surface area contributed by atoms with Crippen molar-refractivity contribution in [2.75, 3.05) is 17.3 Å². The van der Waals surface area contributed by atoms with Crippen molar-refractivity contribution in [2.24, 2.45) is 4.99 Å². The Kier molecular flexibility index (Phi) is 4.05. The number of amidine groups is 1. The largest absolute Gasteiger partial charge is 0.334 e. The zero-order chi connectivity index (χ0) is 12.3. The first-order valence-electron chi connectivity index (χ1n) is 5.73. The molecule has 0 aromatic heterocycles. The first-order chi connectivity index (χ1) is 8.11. The molecule has 4 heteroatoms. The third-order valence-electron chi connectivity index (χ3n) is 2.71. The molecule has 2 nitrogen and oxygen atoms in total. The molecule has 1 aromatic carbocycles. The van der Waals surface area contributed by atoms with Gasteiger partial charge >= 0.3 is 0 Å². The summed E-state index contributed by atoms with van der Waals surface area (Å²) >= 11 is 3.57. The lowest BCUT2D eigenvalue weighted by Gasteiger charge is -2.26. The summed E-state index contributed by atoms with van der Waals surface area (Å²) in [6.45, 7) is 4.38. The molecule has 0 fully saturated rings. The van der Waals surface area contributed by atoms with Crippen molar-refractivity contribution < 1.29 is 0 Å². The van der Waals surface area contributed by atoms with Gasteiger partial charge in [0.05, 0.1) is 11.2 Å². The average molecular weight is 266 g/mol. The van der Waals surface area contributed by atoms with Gasteiger partial charge in [0, 0.05) is 10.6 Å². The number of aliphatic imine (C=N–C) groups is 1.